The second-order valence-electron chi connectivity index (χ2n) is 4.67. The van der Waals surface area contributed by atoms with Crippen molar-refractivity contribution in [3.63, 3.8) is 0 Å². The molecular formula is C15H17NO4S3. The molecule has 0 heterocycles. The minimum Gasteiger partial charge on any atom is -0.463 e. The average Bonchev–Trinajstić information content (AvgIpc) is 2.58. The van der Waals surface area contributed by atoms with Gasteiger partial charge in [0, 0.05) is 12.0 Å². The Morgan fingerprint density at radius 3 is 2.65 bits per heavy atom. The average molecular weight is 372 g/mol. The Balaban J connectivity index is 2.39. The predicted molar refractivity (Wildman–Crippen MR) is 94.8 cm³/mol. The highest BCUT2D eigenvalue weighted by atomic mass is 33.5. The van der Waals surface area contributed by atoms with E-state index >= 15 is 0 Å². The summed E-state index contributed by atoms with van der Waals surface area (Å²) in [5.41, 5.74) is 0.608. The number of nitrogens with zero attached hydrogens (tertiary/aromatic N) is 1. The molecule has 0 amide bonds. The zero-order chi connectivity index (χ0) is 17.1. The molecule has 0 saturated heterocycles. The lowest BCUT2D eigenvalue weighted by molar-refractivity contribution is -0.144. The normalized spacial score (nSPS) is 12.9. The van der Waals surface area contributed by atoms with Gasteiger partial charge < -0.3 is 9.84 Å². The molecule has 124 valence electrons. The van der Waals surface area contributed by atoms with E-state index in [1.165, 1.54) is 20.6 Å². The minimum absolute atomic E-state index is 0.0363. The number of carbonyl (C=O) groups excluding carboxylic acids is 2. The predicted octanol–water partition coefficient (Wildman–Crippen LogP) is 3.45. The van der Waals surface area contributed by atoms with Crippen molar-refractivity contribution in [2.75, 3.05) is 13.2 Å². The molecule has 1 aromatic carbocycles. The lowest BCUT2D eigenvalue weighted by atomic mass is 10.1. The molecule has 1 atom stereocenters. The van der Waals surface area contributed by atoms with E-state index in [0.717, 1.165) is 10.8 Å². The van der Waals surface area contributed by atoms with Gasteiger partial charge in [0.2, 0.25) is 5.12 Å². The van der Waals surface area contributed by atoms with Gasteiger partial charge in [0.15, 0.2) is 0 Å². The summed E-state index contributed by atoms with van der Waals surface area (Å²) in [6.07, 6.45) is 0.403. The van der Waals surface area contributed by atoms with Crippen molar-refractivity contribution in [1.29, 1.82) is 5.26 Å². The van der Waals surface area contributed by atoms with Gasteiger partial charge >= 0.3 is 5.97 Å². The third-order valence-corrected chi connectivity index (χ3v) is 7.11. The number of ether oxygens (including phenoxy) is 1. The van der Waals surface area contributed by atoms with Gasteiger partial charge in [-0.3, -0.25) is 9.59 Å². The largest absolute Gasteiger partial charge is 0.463 e. The van der Waals surface area contributed by atoms with Crippen molar-refractivity contribution in [1.82, 2.24) is 0 Å². The lowest BCUT2D eigenvalue weighted by Gasteiger charge is -2.18. The van der Waals surface area contributed by atoms with Crippen LogP contribution in [-0.4, -0.2) is 34.2 Å². The molecular weight excluding hydrogens is 354 g/mol. The number of aliphatic hydroxyl groups excluding tert-OH is 1. The third kappa shape index (κ3) is 7.79. The van der Waals surface area contributed by atoms with Gasteiger partial charge in [-0.1, -0.05) is 41.1 Å². The topological polar surface area (TPSA) is 87.4 Å². The zero-order valence-corrected chi connectivity index (χ0v) is 15.0. The van der Waals surface area contributed by atoms with E-state index < -0.39 is 10.7 Å². The van der Waals surface area contributed by atoms with E-state index in [2.05, 4.69) is 6.07 Å². The Kier molecular flexibility index (Phi) is 9.17. The molecule has 8 heteroatoms. The molecule has 0 saturated carbocycles. The first-order valence-corrected chi connectivity index (χ1v) is 10.3. The first-order chi connectivity index (χ1) is 11.0. The minimum atomic E-state index is -0.799. The number of esters is 1. The van der Waals surface area contributed by atoms with Crippen molar-refractivity contribution in [3.05, 3.63) is 35.9 Å². The Labute approximate surface area is 147 Å². The maximum absolute atomic E-state index is 12.0. The summed E-state index contributed by atoms with van der Waals surface area (Å²) >= 11 is 0. The molecule has 0 spiro atoms. The first-order valence-electron chi connectivity index (χ1n) is 6.80. The molecule has 0 aliphatic heterocycles. The Bertz CT molecular complexity index is 562. The summed E-state index contributed by atoms with van der Waals surface area (Å²) in [5.74, 6) is -0.445. The van der Waals surface area contributed by atoms with Crippen LogP contribution in [0.3, 0.4) is 0 Å². The summed E-state index contributed by atoms with van der Waals surface area (Å²) < 4.78 is 3.96. The van der Waals surface area contributed by atoms with Crippen LogP contribution in [0.4, 0.5) is 0 Å². The molecule has 0 aliphatic rings. The monoisotopic (exact) mass is 371 g/mol. The molecule has 0 radical (unpaired) electrons. The highest BCUT2D eigenvalue weighted by molar-refractivity contribution is 9.12. The molecule has 1 N–H and O–H groups in total. The van der Waals surface area contributed by atoms with Crippen molar-refractivity contribution >= 4 is 42.5 Å². The molecule has 0 bridgehead atoms. The van der Waals surface area contributed by atoms with Crippen molar-refractivity contribution in [3.8, 4) is 6.07 Å². The van der Waals surface area contributed by atoms with E-state index in [9.17, 15) is 14.9 Å². The number of rotatable bonds is 9. The molecule has 0 fully saturated rings. The van der Waals surface area contributed by atoms with Crippen LogP contribution < -0.4 is 0 Å². The fraction of sp³-hybridized carbons (Fsp3) is 0.400. The van der Waals surface area contributed by atoms with Gasteiger partial charge in [-0.2, -0.15) is 5.26 Å². The molecule has 1 aromatic rings. The molecule has 1 rings (SSSR count). The maximum atomic E-state index is 12.0. The van der Waals surface area contributed by atoms with Crippen LogP contribution >= 0.6 is 31.4 Å². The summed E-state index contributed by atoms with van der Waals surface area (Å²) in [5, 5.41) is 17.8. The second kappa shape index (κ2) is 10.6. The van der Waals surface area contributed by atoms with Gasteiger partial charge in [-0.05, 0) is 34.0 Å². The van der Waals surface area contributed by atoms with E-state index in [-0.39, 0.29) is 24.7 Å². The molecule has 0 aliphatic carbocycles. The smallest absolute Gasteiger partial charge is 0.305 e. The molecule has 5 nitrogen and oxygen atoms in total. The number of benzene rings is 1. The van der Waals surface area contributed by atoms with E-state index in [4.69, 9.17) is 9.84 Å². The second-order valence-corrected chi connectivity index (χ2v) is 9.05. The van der Waals surface area contributed by atoms with Gasteiger partial charge in [-0.15, -0.1) is 0 Å². The van der Waals surface area contributed by atoms with Crippen LogP contribution in [0.1, 0.15) is 30.1 Å². The first kappa shape index (κ1) is 19.9. The van der Waals surface area contributed by atoms with Gasteiger partial charge in [0.25, 0.3) is 0 Å². The number of hydrogen-bond donors (Lipinski definition) is 1. The SMILES string of the molecule is CC(C#N)(CCC(=O)OCCO)SSSC(=O)c1ccccc1. The van der Waals surface area contributed by atoms with Crippen molar-refractivity contribution in [2.45, 2.75) is 24.5 Å². The standard InChI is InChI=1S/C15H17NO4S3/c1-15(11-16,8-7-13(18)20-10-9-17)22-23-21-14(19)12-5-3-2-4-6-12/h2-6,17H,7-10H2,1H3. The quantitative estimate of drug-likeness (QED) is 0.522. The third-order valence-electron chi connectivity index (χ3n) is 2.73. The van der Waals surface area contributed by atoms with Crippen LogP contribution in [0.5, 0.6) is 0 Å². The van der Waals surface area contributed by atoms with Crippen LogP contribution in [0, 0.1) is 11.3 Å². The van der Waals surface area contributed by atoms with Crippen LogP contribution in [-0.2, 0) is 9.53 Å². The summed E-state index contributed by atoms with van der Waals surface area (Å²) in [7, 11) is 3.54. The van der Waals surface area contributed by atoms with E-state index in [1.54, 1.807) is 31.2 Å². The molecule has 1 unspecified atom stereocenters. The summed E-state index contributed by atoms with van der Waals surface area (Å²) in [4.78, 5) is 23.4. The number of aliphatic hydroxyl groups is 1. The van der Waals surface area contributed by atoms with E-state index in [1.807, 2.05) is 6.07 Å². The van der Waals surface area contributed by atoms with Gasteiger partial charge in [0.05, 0.1) is 12.7 Å². The molecule has 0 aromatic heterocycles. The van der Waals surface area contributed by atoms with Crippen LogP contribution in [0.25, 0.3) is 0 Å². The Morgan fingerprint density at radius 1 is 1.35 bits per heavy atom. The van der Waals surface area contributed by atoms with Crippen molar-refractivity contribution in [2.24, 2.45) is 0 Å². The fourth-order valence-corrected chi connectivity index (χ4v) is 5.74. The number of hydrogen-bond acceptors (Lipinski definition) is 8. The fourth-order valence-electron chi connectivity index (χ4n) is 1.43. The van der Waals surface area contributed by atoms with Crippen molar-refractivity contribution < 1.29 is 19.4 Å². The zero-order valence-electron chi connectivity index (χ0n) is 12.6. The Hall–Kier alpha value is -1.14. The van der Waals surface area contributed by atoms with Gasteiger partial charge in [-0.25, -0.2) is 0 Å². The highest BCUT2D eigenvalue weighted by Crippen LogP contribution is 2.46. The Morgan fingerprint density at radius 2 is 2.04 bits per heavy atom. The summed E-state index contributed by atoms with van der Waals surface area (Å²) in [6.45, 7) is 1.47. The van der Waals surface area contributed by atoms with Crippen LogP contribution in [0.15, 0.2) is 30.3 Å². The highest BCUT2D eigenvalue weighted by Gasteiger charge is 2.27. The summed E-state index contributed by atoms with van der Waals surface area (Å²) in [6, 6.07) is 11.1. The maximum Gasteiger partial charge on any atom is 0.305 e. The number of carbonyl (C=O) groups is 2. The van der Waals surface area contributed by atoms with Gasteiger partial charge in [0.1, 0.15) is 11.4 Å². The lowest BCUT2D eigenvalue weighted by Crippen LogP contribution is -2.19. The van der Waals surface area contributed by atoms with E-state index in [0.29, 0.717) is 12.0 Å². The van der Waals surface area contributed by atoms with Crippen LogP contribution in [0.2, 0.25) is 0 Å². The molecule has 23 heavy (non-hydrogen) atoms. The number of nitriles is 1.